The van der Waals surface area contributed by atoms with Gasteiger partial charge in [0.05, 0.1) is 6.26 Å². The van der Waals surface area contributed by atoms with Crippen LogP contribution in [0.4, 0.5) is 0 Å². The lowest BCUT2D eigenvalue weighted by Crippen LogP contribution is -2.38. The van der Waals surface area contributed by atoms with Crippen molar-refractivity contribution in [3.63, 3.8) is 0 Å². The lowest BCUT2D eigenvalue weighted by Gasteiger charge is -2.32. The molecule has 21 heavy (non-hydrogen) atoms. The first-order valence-electron chi connectivity index (χ1n) is 7.38. The lowest BCUT2D eigenvalue weighted by molar-refractivity contribution is -0.127. The number of benzene rings is 1. The molecule has 0 bridgehead atoms. The second-order valence-corrected chi connectivity index (χ2v) is 5.38. The first kappa shape index (κ1) is 13.7. The molecule has 2 heterocycles. The van der Waals surface area contributed by atoms with Crippen molar-refractivity contribution in [3.8, 4) is 0 Å². The maximum absolute atomic E-state index is 12.3. The van der Waals surface area contributed by atoms with Gasteiger partial charge in [0.2, 0.25) is 5.91 Å². The van der Waals surface area contributed by atoms with Crippen molar-refractivity contribution in [1.29, 1.82) is 0 Å². The Bertz CT molecular complexity index is 601. The summed E-state index contributed by atoms with van der Waals surface area (Å²) < 4.78 is 5.20. The van der Waals surface area contributed by atoms with Crippen LogP contribution in [0.15, 0.2) is 59.2 Å². The van der Waals surface area contributed by atoms with E-state index in [1.807, 2.05) is 23.1 Å². The van der Waals surface area contributed by atoms with E-state index in [4.69, 9.17) is 4.42 Å². The maximum atomic E-state index is 12.3. The molecule has 1 aromatic heterocycles. The van der Waals surface area contributed by atoms with E-state index in [2.05, 4.69) is 24.3 Å². The van der Waals surface area contributed by atoms with Crippen LogP contribution in [0.5, 0.6) is 0 Å². The highest BCUT2D eigenvalue weighted by molar-refractivity contribution is 5.91. The number of hydrogen-bond acceptors (Lipinski definition) is 2. The van der Waals surface area contributed by atoms with Crippen LogP contribution in [-0.2, 0) is 4.79 Å². The van der Waals surface area contributed by atoms with Gasteiger partial charge in [0.25, 0.3) is 0 Å². The summed E-state index contributed by atoms with van der Waals surface area (Å²) in [6, 6.07) is 14.1. The Hall–Kier alpha value is -2.29. The molecule has 1 saturated heterocycles. The Morgan fingerprint density at radius 3 is 2.81 bits per heavy atom. The number of likely N-dealkylation sites (tertiary alicyclic amines) is 1. The van der Waals surface area contributed by atoms with Crippen molar-refractivity contribution in [2.75, 3.05) is 13.1 Å². The van der Waals surface area contributed by atoms with Crippen LogP contribution >= 0.6 is 0 Å². The zero-order valence-corrected chi connectivity index (χ0v) is 11.9. The molecule has 0 unspecified atom stereocenters. The summed E-state index contributed by atoms with van der Waals surface area (Å²) in [5.41, 5.74) is 1.32. The zero-order chi connectivity index (χ0) is 14.5. The van der Waals surface area contributed by atoms with Crippen molar-refractivity contribution in [2.24, 2.45) is 0 Å². The summed E-state index contributed by atoms with van der Waals surface area (Å²) in [7, 11) is 0. The third-order valence-corrected chi connectivity index (χ3v) is 3.94. The second-order valence-electron chi connectivity index (χ2n) is 5.38. The van der Waals surface area contributed by atoms with Crippen LogP contribution in [-0.4, -0.2) is 23.9 Å². The zero-order valence-electron chi connectivity index (χ0n) is 11.9. The normalized spacial score (nSPS) is 19.0. The summed E-state index contributed by atoms with van der Waals surface area (Å²) >= 11 is 0. The number of nitrogens with zero attached hydrogens (tertiary/aromatic N) is 1. The average Bonchev–Trinajstić information content (AvgIpc) is 3.07. The van der Waals surface area contributed by atoms with Gasteiger partial charge >= 0.3 is 0 Å². The topological polar surface area (TPSA) is 33.5 Å². The lowest BCUT2D eigenvalue weighted by atomic mass is 9.90. The molecule has 3 nitrogen and oxygen atoms in total. The highest BCUT2D eigenvalue weighted by Gasteiger charge is 2.23. The summed E-state index contributed by atoms with van der Waals surface area (Å²) in [5.74, 6) is 1.22. The van der Waals surface area contributed by atoms with E-state index in [0.717, 1.165) is 25.9 Å². The molecule has 1 fully saturated rings. The third kappa shape index (κ3) is 3.43. The van der Waals surface area contributed by atoms with Crippen molar-refractivity contribution in [1.82, 2.24) is 4.90 Å². The molecule has 1 atom stereocenters. The molecule has 1 amide bonds. The van der Waals surface area contributed by atoms with Gasteiger partial charge in [-0.05, 0) is 36.6 Å². The maximum Gasteiger partial charge on any atom is 0.246 e. The minimum atomic E-state index is 0.0621. The van der Waals surface area contributed by atoms with Gasteiger partial charge in [-0.15, -0.1) is 0 Å². The van der Waals surface area contributed by atoms with Crippen LogP contribution in [0.3, 0.4) is 0 Å². The summed E-state index contributed by atoms with van der Waals surface area (Å²) in [6.45, 7) is 1.63. The standard InChI is InChI=1S/C18H19NO2/c20-18(11-10-17-9-5-13-21-17)19-12-4-8-16(14-19)15-6-2-1-3-7-15/h1-3,5-7,9-11,13,16H,4,8,12,14H2/b11-10+/t16-/m1/s1. The number of carbonyl (C=O) groups is 1. The van der Waals surface area contributed by atoms with Gasteiger partial charge in [0.1, 0.15) is 5.76 Å². The minimum Gasteiger partial charge on any atom is -0.465 e. The third-order valence-electron chi connectivity index (χ3n) is 3.94. The van der Waals surface area contributed by atoms with E-state index >= 15 is 0 Å². The Labute approximate surface area is 124 Å². The van der Waals surface area contributed by atoms with Gasteiger partial charge in [-0.25, -0.2) is 0 Å². The summed E-state index contributed by atoms with van der Waals surface area (Å²) in [4.78, 5) is 14.2. The molecular formula is C18H19NO2. The molecular weight excluding hydrogens is 262 g/mol. The first-order valence-corrected chi connectivity index (χ1v) is 7.38. The van der Waals surface area contributed by atoms with E-state index in [1.165, 1.54) is 5.56 Å². The minimum absolute atomic E-state index is 0.0621. The predicted octanol–water partition coefficient (Wildman–Crippen LogP) is 3.70. The highest BCUT2D eigenvalue weighted by atomic mass is 16.3. The Kier molecular flexibility index (Phi) is 4.20. The van der Waals surface area contributed by atoms with E-state index in [9.17, 15) is 4.79 Å². The molecule has 2 aromatic rings. The molecule has 0 radical (unpaired) electrons. The fourth-order valence-corrected chi connectivity index (χ4v) is 2.82. The quantitative estimate of drug-likeness (QED) is 0.804. The monoisotopic (exact) mass is 281 g/mol. The summed E-state index contributed by atoms with van der Waals surface area (Å²) in [5, 5.41) is 0. The molecule has 0 N–H and O–H groups in total. The fourth-order valence-electron chi connectivity index (χ4n) is 2.82. The largest absolute Gasteiger partial charge is 0.465 e. The molecule has 0 aliphatic carbocycles. The van der Waals surface area contributed by atoms with Gasteiger partial charge in [0, 0.05) is 25.1 Å². The molecule has 108 valence electrons. The molecule has 3 rings (SSSR count). The number of carbonyl (C=O) groups excluding carboxylic acids is 1. The molecule has 3 heteroatoms. The number of rotatable bonds is 3. The molecule has 1 aromatic carbocycles. The Morgan fingerprint density at radius 2 is 2.05 bits per heavy atom. The van der Waals surface area contributed by atoms with Crippen molar-refractivity contribution in [3.05, 3.63) is 66.1 Å². The van der Waals surface area contributed by atoms with Gasteiger partial charge < -0.3 is 9.32 Å². The van der Waals surface area contributed by atoms with Gasteiger partial charge in [-0.3, -0.25) is 4.79 Å². The number of piperidine rings is 1. The van der Waals surface area contributed by atoms with E-state index < -0.39 is 0 Å². The molecule has 0 saturated carbocycles. The van der Waals surface area contributed by atoms with E-state index in [1.54, 1.807) is 18.4 Å². The van der Waals surface area contributed by atoms with Crippen molar-refractivity contribution < 1.29 is 9.21 Å². The number of amides is 1. The van der Waals surface area contributed by atoms with Crippen molar-refractivity contribution in [2.45, 2.75) is 18.8 Å². The smallest absolute Gasteiger partial charge is 0.246 e. The summed E-state index contributed by atoms with van der Waals surface area (Å²) in [6.07, 6.45) is 7.15. The first-order chi connectivity index (χ1) is 10.3. The van der Waals surface area contributed by atoms with Gasteiger partial charge in [-0.2, -0.15) is 0 Å². The SMILES string of the molecule is O=C(/C=C/c1ccco1)N1CCC[C@@H](c2ccccc2)C1. The van der Waals surface area contributed by atoms with Gasteiger partial charge in [-0.1, -0.05) is 30.3 Å². The van der Waals surface area contributed by atoms with Crippen LogP contribution in [0.25, 0.3) is 6.08 Å². The fraction of sp³-hybridized carbons (Fsp3) is 0.278. The van der Waals surface area contributed by atoms with Crippen molar-refractivity contribution >= 4 is 12.0 Å². The number of hydrogen-bond donors (Lipinski definition) is 0. The second kappa shape index (κ2) is 6.44. The van der Waals surface area contributed by atoms with Crippen LogP contribution in [0.1, 0.15) is 30.1 Å². The highest BCUT2D eigenvalue weighted by Crippen LogP contribution is 2.26. The van der Waals surface area contributed by atoms with Gasteiger partial charge in [0.15, 0.2) is 0 Å². The number of furan rings is 1. The van der Waals surface area contributed by atoms with Crippen LogP contribution in [0.2, 0.25) is 0 Å². The molecule has 1 aliphatic rings. The van der Waals surface area contributed by atoms with Crippen LogP contribution in [0, 0.1) is 0 Å². The Balaban J connectivity index is 1.64. The molecule has 1 aliphatic heterocycles. The van der Waals surface area contributed by atoms with E-state index in [-0.39, 0.29) is 5.91 Å². The molecule has 0 spiro atoms. The Morgan fingerprint density at radius 1 is 1.19 bits per heavy atom. The predicted molar refractivity (Wildman–Crippen MR) is 82.7 cm³/mol. The average molecular weight is 281 g/mol. The van der Waals surface area contributed by atoms with E-state index in [0.29, 0.717) is 11.7 Å². The van der Waals surface area contributed by atoms with Crippen LogP contribution < -0.4 is 0 Å².